The fourth-order valence-electron chi connectivity index (χ4n) is 4.60. The number of benzene rings is 3. The number of nitrogens with zero attached hydrogens (tertiary/aromatic N) is 1. The first-order chi connectivity index (χ1) is 16.8. The number of hydrogen-bond donors (Lipinski definition) is 2. The van der Waals surface area contributed by atoms with Crippen LogP contribution in [0.4, 0.5) is 11.4 Å². The van der Waals surface area contributed by atoms with Crippen molar-refractivity contribution in [1.82, 2.24) is 5.32 Å². The summed E-state index contributed by atoms with van der Waals surface area (Å²) in [5.74, 6) is -0.610. The van der Waals surface area contributed by atoms with Gasteiger partial charge in [-0.1, -0.05) is 36.4 Å². The Hall–Kier alpha value is -4.33. The molecule has 0 radical (unpaired) electrons. The number of amides is 3. The average molecular weight is 472 g/mol. The molecule has 178 valence electrons. The number of ether oxygens (including phenoxy) is 2. The first-order valence-electron chi connectivity index (χ1n) is 11.4. The summed E-state index contributed by atoms with van der Waals surface area (Å²) in [5, 5.41) is 2.73. The molecular formula is C27H25N3O5. The molecule has 8 nitrogen and oxygen atoms in total. The minimum absolute atomic E-state index is 0.0492. The lowest BCUT2D eigenvalue weighted by Gasteiger charge is -2.26. The summed E-state index contributed by atoms with van der Waals surface area (Å²) in [6.07, 6.45) is 0.0492. The number of imide groups is 1. The normalized spacial score (nSPS) is 16.7. The molecule has 0 fully saturated rings. The summed E-state index contributed by atoms with van der Waals surface area (Å²) in [4.78, 5) is 41.0. The van der Waals surface area contributed by atoms with Crippen molar-refractivity contribution in [1.29, 1.82) is 0 Å². The molecule has 0 spiro atoms. The number of nitrogen functional groups attached to an aromatic ring is 1. The van der Waals surface area contributed by atoms with Gasteiger partial charge in [0.05, 0.1) is 18.0 Å². The molecule has 5 rings (SSSR count). The third-order valence-corrected chi connectivity index (χ3v) is 6.37. The lowest BCUT2D eigenvalue weighted by atomic mass is 9.92. The van der Waals surface area contributed by atoms with E-state index in [2.05, 4.69) is 5.32 Å². The Morgan fingerprint density at radius 1 is 1.09 bits per heavy atom. The minimum Gasteiger partial charge on any atom is -0.454 e. The van der Waals surface area contributed by atoms with Crippen molar-refractivity contribution in [2.75, 3.05) is 17.4 Å². The first kappa shape index (κ1) is 22.5. The van der Waals surface area contributed by atoms with Crippen molar-refractivity contribution in [2.24, 2.45) is 0 Å². The Morgan fingerprint density at radius 3 is 2.69 bits per heavy atom. The fraction of sp³-hybridized carbons (Fsp3) is 0.222. The monoisotopic (exact) mass is 471 g/mol. The molecule has 35 heavy (non-hydrogen) atoms. The third kappa shape index (κ3) is 3.97. The second-order valence-corrected chi connectivity index (χ2v) is 8.72. The molecule has 3 N–H and O–H groups in total. The van der Waals surface area contributed by atoms with Crippen LogP contribution in [0.3, 0.4) is 0 Å². The molecule has 0 bridgehead atoms. The molecule has 0 saturated carbocycles. The summed E-state index contributed by atoms with van der Waals surface area (Å²) in [6.45, 7) is 3.49. The Kier molecular flexibility index (Phi) is 5.64. The highest BCUT2D eigenvalue weighted by Crippen LogP contribution is 2.44. The van der Waals surface area contributed by atoms with Gasteiger partial charge in [0.25, 0.3) is 5.91 Å². The van der Waals surface area contributed by atoms with Gasteiger partial charge in [0.2, 0.25) is 18.6 Å². The van der Waals surface area contributed by atoms with Gasteiger partial charge in [0, 0.05) is 11.3 Å². The van der Waals surface area contributed by atoms with Gasteiger partial charge in [-0.2, -0.15) is 0 Å². The smallest absolute Gasteiger partial charge is 0.256 e. The van der Waals surface area contributed by atoms with Crippen LogP contribution >= 0.6 is 0 Å². The molecule has 3 amide bonds. The molecule has 2 aliphatic heterocycles. The zero-order valence-electron chi connectivity index (χ0n) is 19.4. The number of fused-ring (bicyclic) bond motifs is 4. The van der Waals surface area contributed by atoms with Crippen LogP contribution in [0, 0.1) is 0 Å². The number of nitrogens with one attached hydrogen (secondary N) is 1. The maximum absolute atomic E-state index is 13.6. The second kappa shape index (κ2) is 8.79. The van der Waals surface area contributed by atoms with Crippen molar-refractivity contribution >= 4 is 29.1 Å². The van der Waals surface area contributed by atoms with Crippen LogP contribution in [0.15, 0.2) is 60.7 Å². The van der Waals surface area contributed by atoms with Crippen LogP contribution in [-0.2, 0) is 20.8 Å². The van der Waals surface area contributed by atoms with Crippen LogP contribution in [0.25, 0.3) is 11.1 Å². The Labute approximate surface area is 202 Å². The molecule has 0 aromatic heterocycles. The van der Waals surface area contributed by atoms with Crippen molar-refractivity contribution < 1.29 is 23.9 Å². The van der Waals surface area contributed by atoms with Gasteiger partial charge >= 0.3 is 0 Å². The van der Waals surface area contributed by atoms with Crippen molar-refractivity contribution in [3.63, 3.8) is 0 Å². The summed E-state index contributed by atoms with van der Waals surface area (Å²) >= 11 is 0. The average Bonchev–Trinajstić information content (AvgIpc) is 3.28. The van der Waals surface area contributed by atoms with E-state index in [1.54, 1.807) is 50.2 Å². The number of rotatable bonds is 4. The minimum atomic E-state index is -0.942. The highest BCUT2D eigenvalue weighted by Gasteiger charge is 2.37. The zero-order chi connectivity index (χ0) is 24.7. The Morgan fingerprint density at radius 2 is 1.86 bits per heavy atom. The molecule has 0 aliphatic carbocycles. The van der Waals surface area contributed by atoms with Gasteiger partial charge in [0.1, 0.15) is 6.04 Å². The van der Waals surface area contributed by atoms with Gasteiger partial charge in [-0.15, -0.1) is 0 Å². The summed E-state index contributed by atoms with van der Waals surface area (Å²) in [7, 11) is 0. The van der Waals surface area contributed by atoms with Crippen molar-refractivity contribution in [2.45, 2.75) is 32.2 Å². The van der Waals surface area contributed by atoms with E-state index >= 15 is 0 Å². The number of carbonyl (C=O) groups is 3. The first-order valence-corrected chi connectivity index (χ1v) is 11.4. The van der Waals surface area contributed by atoms with Crippen LogP contribution < -0.4 is 25.4 Å². The van der Waals surface area contributed by atoms with E-state index in [0.717, 1.165) is 21.6 Å². The third-order valence-electron chi connectivity index (χ3n) is 6.37. The largest absolute Gasteiger partial charge is 0.454 e. The van der Waals surface area contributed by atoms with E-state index in [1.165, 1.54) is 0 Å². The topological polar surface area (TPSA) is 111 Å². The van der Waals surface area contributed by atoms with Gasteiger partial charge in [-0.05, 0) is 54.8 Å². The van der Waals surface area contributed by atoms with E-state index in [1.807, 2.05) is 24.3 Å². The molecule has 0 saturated heterocycles. The van der Waals surface area contributed by atoms with Gasteiger partial charge in [-0.25, -0.2) is 4.90 Å². The maximum atomic E-state index is 13.6. The summed E-state index contributed by atoms with van der Waals surface area (Å²) in [5.41, 5.74) is 10.2. The van der Waals surface area contributed by atoms with E-state index in [-0.39, 0.29) is 25.0 Å². The lowest BCUT2D eigenvalue weighted by Crippen LogP contribution is -2.50. The summed E-state index contributed by atoms with van der Waals surface area (Å²) < 4.78 is 10.7. The molecule has 2 heterocycles. The Bertz CT molecular complexity index is 1350. The predicted octanol–water partition coefficient (Wildman–Crippen LogP) is 3.39. The highest BCUT2D eigenvalue weighted by atomic mass is 16.7. The molecule has 2 atom stereocenters. The van der Waals surface area contributed by atoms with Gasteiger partial charge in [-0.3, -0.25) is 14.4 Å². The fourth-order valence-corrected chi connectivity index (χ4v) is 4.60. The van der Waals surface area contributed by atoms with E-state index in [4.69, 9.17) is 15.2 Å². The lowest BCUT2D eigenvalue weighted by molar-refractivity contribution is -0.131. The van der Waals surface area contributed by atoms with E-state index in [9.17, 15) is 14.4 Å². The molecule has 2 aliphatic rings. The number of hydrogen-bond acceptors (Lipinski definition) is 6. The zero-order valence-corrected chi connectivity index (χ0v) is 19.4. The van der Waals surface area contributed by atoms with Crippen LogP contribution in [0.1, 0.15) is 30.9 Å². The van der Waals surface area contributed by atoms with E-state index < -0.39 is 17.9 Å². The molecule has 3 aromatic rings. The van der Waals surface area contributed by atoms with Gasteiger partial charge < -0.3 is 20.5 Å². The number of nitrogens with two attached hydrogens (primary N) is 1. The van der Waals surface area contributed by atoms with Crippen LogP contribution in [-0.4, -0.2) is 30.6 Å². The van der Waals surface area contributed by atoms with E-state index in [0.29, 0.717) is 28.4 Å². The van der Waals surface area contributed by atoms with Crippen LogP contribution in [0.5, 0.6) is 11.5 Å². The summed E-state index contributed by atoms with van der Waals surface area (Å²) in [6, 6.07) is 17.0. The predicted molar refractivity (Wildman–Crippen MR) is 131 cm³/mol. The Balaban J connectivity index is 1.41. The number of carbonyl (C=O) groups excluding carboxylic acids is 3. The standard InChI is InChI=1S/C27H25N3O5/c1-15-18-6-3-4-7-19(18)25-20(28)8-5-9-21(25)30(26(15)32)27(33)16(2)29-24(31)13-17-10-11-22-23(12-17)35-14-34-22/h3-12,15-16H,13-14,28H2,1-2H3,(H,29,31)/t15?,16-/m0/s1. The van der Waals surface area contributed by atoms with Crippen molar-refractivity contribution in [3.8, 4) is 22.6 Å². The maximum Gasteiger partial charge on any atom is 0.256 e. The highest BCUT2D eigenvalue weighted by molar-refractivity contribution is 6.22. The van der Waals surface area contributed by atoms with Crippen LogP contribution in [0.2, 0.25) is 0 Å². The number of anilines is 2. The van der Waals surface area contributed by atoms with Crippen molar-refractivity contribution in [3.05, 3.63) is 71.8 Å². The molecular weight excluding hydrogens is 446 g/mol. The second-order valence-electron chi connectivity index (χ2n) is 8.72. The van der Waals surface area contributed by atoms with Gasteiger partial charge in [0.15, 0.2) is 11.5 Å². The quantitative estimate of drug-likeness (QED) is 0.565. The molecule has 8 heteroatoms. The molecule has 3 aromatic carbocycles. The molecule has 1 unspecified atom stereocenters. The SMILES string of the molecule is CC1C(=O)N(C(=O)[C@H](C)NC(=O)Cc2ccc3c(c2)OCO3)c2cccc(N)c2-c2ccccc21.